The zero-order valence-electron chi connectivity index (χ0n) is 10.0. The van der Waals surface area contributed by atoms with E-state index in [0.717, 1.165) is 12.3 Å². The highest BCUT2D eigenvalue weighted by atomic mass is 32.2. The lowest BCUT2D eigenvalue weighted by Crippen LogP contribution is -3.13. The van der Waals surface area contributed by atoms with Crippen molar-refractivity contribution in [1.82, 2.24) is 0 Å². The van der Waals surface area contributed by atoms with Crippen molar-refractivity contribution >= 4 is 11.8 Å². The summed E-state index contributed by atoms with van der Waals surface area (Å²) >= 11 is 1.91. The van der Waals surface area contributed by atoms with Gasteiger partial charge in [-0.2, -0.15) is 11.8 Å². The van der Waals surface area contributed by atoms with Crippen LogP contribution in [-0.4, -0.2) is 42.4 Å². The van der Waals surface area contributed by atoms with Gasteiger partial charge in [0.2, 0.25) is 0 Å². The highest BCUT2D eigenvalue weighted by Gasteiger charge is 2.17. The van der Waals surface area contributed by atoms with Gasteiger partial charge in [-0.05, 0) is 31.4 Å². The van der Waals surface area contributed by atoms with Crippen LogP contribution in [0.1, 0.15) is 39.0 Å². The molecule has 0 saturated carbocycles. The molecule has 1 saturated heterocycles. The number of hydrogen-bond acceptors (Lipinski definition) is 2. The van der Waals surface area contributed by atoms with Gasteiger partial charge in [-0.3, -0.25) is 0 Å². The fraction of sp³-hybridized carbons (Fsp3) is 1.00. The van der Waals surface area contributed by atoms with Gasteiger partial charge in [0, 0.05) is 5.75 Å². The Morgan fingerprint density at radius 2 is 2.00 bits per heavy atom. The topological polar surface area (TPSA) is 24.7 Å². The van der Waals surface area contributed by atoms with E-state index in [0.29, 0.717) is 0 Å². The predicted molar refractivity (Wildman–Crippen MR) is 67.7 cm³/mol. The highest BCUT2D eigenvalue weighted by molar-refractivity contribution is 7.99. The van der Waals surface area contributed by atoms with E-state index in [-0.39, 0.29) is 6.10 Å². The molecule has 0 radical (unpaired) electrons. The zero-order valence-corrected chi connectivity index (χ0v) is 10.8. The largest absolute Gasteiger partial charge is 0.386 e. The van der Waals surface area contributed by atoms with Crippen molar-refractivity contribution in [2.75, 3.05) is 31.1 Å². The molecule has 0 spiro atoms. The van der Waals surface area contributed by atoms with E-state index in [4.69, 9.17) is 0 Å². The van der Waals surface area contributed by atoms with E-state index in [2.05, 4.69) is 6.92 Å². The van der Waals surface area contributed by atoms with E-state index in [1.807, 2.05) is 11.8 Å². The second-order valence-electron chi connectivity index (χ2n) is 4.60. The average Bonchev–Trinajstić information content (AvgIpc) is 2.26. The summed E-state index contributed by atoms with van der Waals surface area (Å²) in [5.74, 6) is 2.15. The Hall–Kier alpha value is 0.270. The maximum atomic E-state index is 9.86. The maximum absolute atomic E-state index is 9.86. The van der Waals surface area contributed by atoms with Gasteiger partial charge >= 0.3 is 0 Å². The van der Waals surface area contributed by atoms with Gasteiger partial charge in [-0.25, -0.2) is 0 Å². The molecule has 2 N–H and O–H groups in total. The summed E-state index contributed by atoms with van der Waals surface area (Å²) in [6, 6.07) is 0. The summed E-state index contributed by atoms with van der Waals surface area (Å²) in [6.45, 7) is 5.74. The van der Waals surface area contributed by atoms with E-state index < -0.39 is 0 Å². The molecule has 0 aromatic rings. The number of thioether (sulfide) groups is 1. The van der Waals surface area contributed by atoms with Gasteiger partial charge in [0.25, 0.3) is 0 Å². The molecule has 0 aromatic carbocycles. The van der Waals surface area contributed by atoms with Gasteiger partial charge in [-0.15, -0.1) is 0 Å². The third kappa shape index (κ3) is 6.44. The van der Waals surface area contributed by atoms with Crippen molar-refractivity contribution in [2.24, 2.45) is 0 Å². The lowest BCUT2D eigenvalue weighted by molar-refractivity contribution is -0.907. The molecular weight excluding hydrogens is 206 g/mol. The Morgan fingerprint density at radius 1 is 1.27 bits per heavy atom. The minimum atomic E-state index is -0.0834. The Labute approximate surface area is 98.4 Å². The SMILES string of the molecule is CCCCSC[C@H](O)C[NH+]1CCCCC1. The van der Waals surface area contributed by atoms with E-state index in [9.17, 15) is 5.11 Å². The number of unbranched alkanes of at least 4 members (excludes halogenated alkanes) is 1. The molecule has 1 atom stereocenters. The molecule has 1 aliphatic rings. The first kappa shape index (κ1) is 13.3. The van der Waals surface area contributed by atoms with Crippen molar-refractivity contribution < 1.29 is 10.0 Å². The monoisotopic (exact) mass is 232 g/mol. The molecule has 1 aliphatic heterocycles. The molecule has 0 bridgehead atoms. The standard InChI is InChI=1S/C12H25NOS/c1-2-3-9-15-11-12(14)10-13-7-5-4-6-8-13/h12,14H,2-11H2,1H3/p+1/t12-/m1/s1. The van der Waals surface area contributed by atoms with Crippen LogP contribution in [0.3, 0.4) is 0 Å². The smallest absolute Gasteiger partial charge is 0.112 e. The molecule has 90 valence electrons. The first-order valence-electron chi connectivity index (χ1n) is 6.42. The average molecular weight is 232 g/mol. The lowest BCUT2D eigenvalue weighted by atomic mass is 10.1. The number of likely N-dealkylation sites (tertiary alicyclic amines) is 1. The molecule has 1 heterocycles. The summed E-state index contributed by atoms with van der Waals surface area (Å²) in [7, 11) is 0. The van der Waals surface area contributed by atoms with Crippen molar-refractivity contribution in [3.8, 4) is 0 Å². The molecule has 0 aliphatic carbocycles. The van der Waals surface area contributed by atoms with Crippen molar-refractivity contribution in [3.63, 3.8) is 0 Å². The zero-order chi connectivity index (χ0) is 10.9. The van der Waals surface area contributed by atoms with Crippen LogP contribution in [0.2, 0.25) is 0 Å². The molecule has 15 heavy (non-hydrogen) atoms. The molecular formula is C12H26NOS+. The number of rotatable bonds is 7. The summed E-state index contributed by atoms with van der Waals surface area (Å²) in [4.78, 5) is 1.62. The van der Waals surface area contributed by atoms with Crippen molar-refractivity contribution in [3.05, 3.63) is 0 Å². The maximum Gasteiger partial charge on any atom is 0.112 e. The fourth-order valence-electron chi connectivity index (χ4n) is 2.11. The number of nitrogens with one attached hydrogen (secondary N) is 1. The van der Waals surface area contributed by atoms with Crippen LogP contribution < -0.4 is 4.90 Å². The minimum absolute atomic E-state index is 0.0834. The van der Waals surface area contributed by atoms with Crippen LogP contribution in [0.5, 0.6) is 0 Å². The van der Waals surface area contributed by atoms with E-state index in [1.165, 1.54) is 50.9 Å². The van der Waals surface area contributed by atoms with Crippen LogP contribution in [0.15, 0.2) is 0 Å². The Bertz CT molecular complexity index is 149. The summed E-state index contributed by atoms with van der Waals surface area (Å²) in [6.07, 6.45) is 6.56. The minimum Gasteiger partial charge on any atom is -0.386 e. The van der Waals surface area contributed by atoms with Crippen LogP contribution in [-0.2, 0) is 0 Å². The third-order valence-electron chi connectivity index (χ3n) is 3.04. The number of aliphatic hydroxyl groups excluding tert-OH is 1. The molecule has 3 heteroatoms. The number of hydrogen-bond donors (Lipinski definition) is 2. The first-order chi connectivity index (χ1) is 7.33. The predicted octanol–water partition coefficient (Wildman–Crippen LogP) is 0.949. The lowest BCUT2D eigenvalue weighted by Gasteiger charge is -2.25. The Morgan fingerprint density at radius 3 is 2.67 bits per heavy atom. The van der Waals surface area contributed by atoms with Crippen molar-refractivity contribution in [1.29, 1.82) is 0 Å². The fourth-order valence-corrected chi connectivity index (χ4v) is 3.16. The molecule has 1 fully saturated rings. The van der Waals surface area contributed by atoms with Crippen LogP contribution in [0.25, 0.3) is 0 Å². The number of quaternary nitrogens is 1. The molecule has 2 nitrogen and oxygen atoms in total. The second kappa shape index (κ2) is 8.43. The van der Waals surface area contributed by atoms with Crippen LogP contribution in [0, 0.1) is 0 Å². The van der Waals surface area contributed by atoms with Crippen LogP contribution >= 0.6 is 11.8 Å². The first-order valence-corrected chi connectivity index (χ1v) is 7.57. The van der Waals surface area contributed by atoms with Gasteiger partial charge in [0.1, 0.15) is 12.6 Å². The Kier molecular flexibility index (Phi) is 7.49. The quantitative estimate of drug-likeness (QED) is 0.639. The molecule has 1 rings (SSSR count). The summed E-state index contributed by atoms with van der Waals surface area (Å²) < 4.78 is 0. The van der Waals surface area contributed by atoms with Gasteiger partial charge in [-0.1, -0.05) is 13.3 Å². The summed E-state index contributed by atoms with van der Waals surface area (Å²) in [5.41, 5.74) is 0. The highest BCUT2D eigenvalue weighted by Crippen LogP contribution is 2.05. The normalized spacial score (nSPS) is 20.4. The third-order valence-corrected chi connectivity index (χ3v) is 4.24. The number of aliphatic hydroxyl groups is 1. The van der Waals surface area contributed by atoms with Gasteiger partial charge < -0.3 is 10.0 Å². The van der Waals surface area contributed by atoms with E-state index in [1.54, 1.807) is 4.90 Å². The number of piperidine rings is 1. The van der Waals surface area contributed by atoms with Crippen LogP contribution in [0.4, 0.5) is 0 Å². The Balaban J connectivity index is 1.98. The van der Waals surface area contributed by atoms with Crippen molar-refractivity contribution in [2.45, 2.75) is 45.1 Å². The molecule has 0 aromatic heterocycles. The van der Waals surface area contributed by atoms with E-state index >= 15 is 0 Å². The molecule has 0 unspecified atom stereocenters. The summed E-state index contributed by atoms with van der Waals surface area (Å²) in [5, 5.41) is 9.86. The van der Waals surface area contributed by atoms with Gasteiger partial charge in [0.05, 0.1) is 13.1 Å². The molecule has 0 amide bonds. The van der Waals surface area contributed by atoms with Gasteiger partial charge in [0.15, 0.2) is 0 Å². The second-order valence-corrected chi connectivity index (χ2v) is 5.75.